The van der Waals surface area contributed by atoms with Crippen molar-refractivity contribution in [3.8, 4) is 0 Å². The molecule has 1 aromatic carbocycles. The van der Waals surface area contributed by atoms with Crippen LogP contribution in [0.1, 0.15) is 33.6 Å². The van der Waals surface area contributed by atoms with E-state index in [9.17, 15) is 9.59 Å². The summed E-state index contributed by atoms with van der Waals surface area (Å²) in [5, 5.41) is 1.20. The van der Waals surface area contributed by atoms with Gasteiger partial charge in [-0.1, -0.05) is 44.7 Å². The van der Waals surface area contributed by atoms with Gasteiger partial charge in [-0.25, -0.2) is 4.98 Å². The number of thioether (sulfide) groups is 1. The van der Waals surface area contributed by atoms with Crippen molar-refractivity contribution in [2.45, 2.75) is 51.4 Å². The van der Waals surface area contributed by atoms with Gasteiger partial charge in [0.1, 0.15) is 5.78 Å². The van der Waals surface area contributed by atoms with Gasteiger partial charge in [-0.2, -0.15) is 0 Å². The molecule has 2 aromatic rings. The topological polar surface area (TPSA) is 61.2 Å². The van der Waals surface area contributed by atoms with Gasteiger partial charge in [0.15, 0.2) is 5.16 Å². The molecule has 0 N–H and O–H groups in total. The number of benzene rings is 1. The Bertz CT molecular complexity index is 833. The van der Waals surface area contributed by atoms with Crippen LogP contribution < -0.4 is 5.56 Å². The molecule has 1 aliphatic rings. The highest BCUT2D eigenvalue weighted by Crippen LogP contribution is 2.24. The SMILES string of the molecule is CC(C)(C)C(=O)CSc1nc2ccccc2c(=O)n1CC1CCCO1. The first kappa shape index (κ1) is 18.1. The molecule has 0 amide bonds. The second kappa shape index (κ2) is 7.30. The Balaban J connectivity index is 1.96. The molecule has 0 bridgehead atoms. The molecule has 5 nitrogen and oxygen atoms in total. The van der Waals surface area contributed by atoms with Gasteiger partial charge in [0, 0.05) is 12.0 Å². The molecule has 1 aromatic heterocycles. The number of aromatic nitrogens is 2. The van der Waals surface area contributed by atoms with Crippen molar-refractivity contribution in [1.82, 2.24) is 9.55 Å². The Kier molecular flexibility index (Phi) is 5.29. The van der Waals surface area contributed by atoms with Gasteiger partial charge in [-0.15, -0.1) is 0 Å². The van der Waals surface area contributed by atoms with Crippen LogP contribution >= 0.6 is 11.8 Å². The van der Waals surface area contributed by atoms with Gasteiger partial charge in [-0.05, 0) is 25.0 Å². The van der Waals surface area contributed by atoms with E-state index in [0.29, 0.717) is 28.4 Å². The molecular formula is C19H24N2O3S. The average Bonchev–Trinajstić information content (AvgIpc) is 3.08. The zero-order valence-electron chi connectivity index (χ0n) is 14.9. The lowest BCUT2D eigenvalue weighted by Crippen LogP contribution is -2.29. The van der Waals surface area contributed by atoms with Crippen LogP contribution in [0.15, 0.2) is 34.2 Å². The number of para-hydroxylation sites is 1. The van der Waals surface area contributed by atoms with Crippen molar-refractivity contribution in [3.05, 3.63) is 34.6 Å². The summed E-state index contributed by atoms with van der Waals surface area (Å²) in [5.41, 5.74) is 0.206. The fraction of sp³-hybridized carbons (Fsp3) is 0.526. The van der Waals surface area contributed by atoms with Gasteiger partial charge in [0.25, 0.3) is 5.56 Å². The monoisotopic (exact) mass is 360 g/mol. The summed E-state index contributed by atoms with van der Waals surface area (Å²) in [7, 11) is 0. The highest BCUT2D eigenvalue weighted by Gasteiger charge is 2.24. The maximum Gasteiger partial charge on any atom is 0.262 e. The Labute approximate surface area is 151 Å². The van der Waals surface area contributed by atoms with E-state index in [4.69, 9.17) is 4.74 Å². The fourth-order valence-electron chi connectivity index (χ4n) is 2.76. The highest BCUT2D eigenvalue weighted by molar-refractivity contribution is 7.99. The number of hydrogen-bond donors (Lipinski definition) is 0. The molecule has 134 valence electrons. The standard InChI is InChI=1S/C19H24N2O3S/c1-19(2,3)16(22)12-25-18-20-15-9-5-4-8-14(15)17(23)21(18)11-13-7-6-10-24-13/h4-5,8-9,13H,6-7,10-12H2,1-3H3. The van der Waals surface area contributed by atoms with Crippen LogP contribution in [0.2, 0.25) is 0 Å². The van der Waals surface area contributed by atoms with Crippen molar-refractivity contribution in [3.63, 3.8) is 0 Å². The molecule has 0 saturated carbocycles. The van der Waals surface area contributed by atoms with E-state index < -0.39 is 5.41 Å². The van der Waals surface area contributed by atoms with Crippen molar-refractivity contribution >= 4 is 28.4 Å². The molecule has 0 spiro atoms. The zero-order chi connectivity index (χ0) is 18.0. The maximum absolute atomic E-state index is 12.9. The first-order valence-corrected chi connectivity index (χ1v) is 9.62. The minimum Gasteiger partial charge on any atom is -0.376 e. The number of nitrogens with zero attached hydrogens (tertiary/aromatic N) is 2. The van der Waals surface area contributed by atoms with Crippen molar-refractivity contribution in [2.75, 3.05) is 12.4 Å². The lowest BCUT2D eigenvalue weighted by molar-refractivity contribution is -0.123. The molecular weight excluding hydrogens is 336 g/mol. The van der Waals surface area contributed by atoms with Crippen molar-refractivity contribution in [2.24, 2.45) is 5.41 Å². The molecule has 0 aliphatic carbocycles. The van der Waals surface area contributed by atoms with Gasteiger partial charge < -0.3 is 4.74 Å². The first-order chi connectivity index (χ1) is 11.9. The number of ether oxygens (including phenoxy) is 1. The lowest BCUT2D eigenvalue weighted by Gasteiger charge is -2.18. The number of carbonyl (C=O) groups is 1. The van der Waals surface area contributed by atoms with Crippen molar-refractivity contribution in [1.29, 1.82) is 0 Å². The number of fused-ring (bicyclic) bond motifs is 1. The average molecular weight is 360 g/mol. The fourth-order valence-corrected chi connectivity index (χ4v) is 3.93. The molecule has 1 saturated heterocycles. The van der Waals surface area contributed by atoms with Crippen LogP contribution in [0.5, 0.6) is 0 Å². The van der Waals surface area contributed by atoms with Gasteiger partial charge in [0.05, 0.1) is 29.3 Å². The summed E-state index contributed by atoms with van der Waals surface area (Å²) in [6.07, 6.45) is 2.01. The molecule has 0 radical (unpaired) electrons. The minimum absolute atomic E-state index is 0.0401. The Morgan fingerprint density at radius 3 is 2.80 bits per heavy atom. The molecule has 25 heavy (non-hydrogen) atoms. The van der Waals surface area contributed by atoms with Gasteiger partial charge in [-0.3, -0.25) is 14.2 Å². The largest absolute Gasteiger partial charge is 0.376 e. The van der Waals surface area contributed by atoms with E-state index in [1.807, 2.05) is 39.0 Å². The highest BCUT2D eigenvalue weighted by atomic mass is 32.2. The summed E-state index contributed by atoms with van der Waals surface area (Å²) in [4.78, 5) is 29.9. The van der Waals surface area contributed by atoms with E-state index in [-0.39, 0.29) is 17.4 Å². The molecule has 1 fully saturated rings. The number of carbonyl (C=O) groups excluding carboxylic acids is 1. The van der Waals surface area contributed by atoms with Crippen molar-refractivity contribution < 1.29 is 9.53 Å². The second-order valence-electron chi connectivity index (χ2n) is 7.42. The molecule has 3 rings (SSSR count). The number of Topliss-reactive ketones (excluding diaryl/α,β-unsaturated/α-hetero) is 1. The summed E-state index contributed by atoms with van der Waals surface area (Å²) in [5.74, 6) is 0.448. The van der Waals surface area contributed by atoms with E-state index in [0.717, 1.165) is 19.4 Å². The van der Waals surface area contributed by atoms with E-state index in [1.165, 1.54) is 11.8 Å². The first-order valence-electron chi connectivity index (χ1n) is 8.63. The number of ketones is 1. The Morgan fingerprint density at radius 1 is 1.36 bits per heavy atom. The van der Waals surface area contributed by atoms with Crippen LogP contribution in [0.4, 0.5) is 0 Å². The predicted molar refractivity (Wildman–Crippen MR) is 100 cm³/mol. The third-order valence-electron chi connectivity index (χ3n) is 4.41. The molecule has 6 heteroatoms. The maximum atomic E-state index is 12.9. The molecule has 1 atom stereocenters. The van der Waals surface area contributed by atoms with E-state index in [2.05, 4.69) is 4.98 Å². The zero-order valence-corrected chi connectivity index (χ0v) is 15.8. The number of rotatable bonds is 5. The summed E-state index contributed by atoms with van der Waals surface area (Å²) < 4.78 is 7.37. The van der Waals surface area contributed by atoms with Crippen LogP contribution in [-0.2, 0) is 16.1 Å². The smallest absolute Gasteiger partial charge is 0.262 e. The Morgan fingerprint density at radius 2 is 2.12 bits per heavy atom. The Hall–Kier alpha value is -1.66. The molecule has 1 aliphatic heterocycles. The van der Waals surface area contributed by atoms with Gasteiger partial charge in [0.2, 0.25) is 0 Å². The number of hydrogen-bond acceptors (Lipinski definition) is 5. The van der Waals surface area contributed by atoms with E-state index >= 15 is 0 Å². The van der Waals surface area contributed by atoms with Crippen LogP contribution in [0.3, 0.4) is 0 Å². The normalized spacial score (nSPS) is 18.0. The quantitative estimate of drug-likeness (QED) is 0.605. The molecule has 2 heterocycles. The van der Waals surface area contributed by atoms with Crippen LogP contribution in [0.25, 0.3) is 10.9 Å². The van der Waals surface area contributed by atoms with Crippen LogP contribution in [0, 0.1) is 5.41 Å². The van der Waals surface area contributed by atoms with Crippen LogP contribution in [-0.4, -0.2) is 33.8 Å². The van der Waals surface area contributed by atoms with Gasteiger partial charge >= 0.3 is 0 Å². The second-order valence-corrected chi connectivity index (χ2v) is 8.37. The summed E-state index contributed by atoms with van der Waals surface area (Å²) in [6.45, 7) is 6.95. The predicted octanol–water partition coefficient (Wildman–Crippen LogP) is 3.28. The lowest BCUT2D eigenvalue weighted by atomic mass is 9.92. The molecule has 1 unspecified atom stereocenters. The summed E-state index contributed by atoms with van der Waals surface area (Å²) >= 11 is 1.34. The van der Waals surface area contributed by atoms with E-state index in [1.54, 1.807) is 10.6 Å². The third-order valence-corrected chi connectivity index (χ3v) is 5.38. The third kappa shape index (κ3) is 4.12. The minimum atomic E-state index is -0.399. The summed E-state index contributed by atoms with van der Waals surface area (Å²) in [6, 6.07) is 7.35.